The minimum Gasteiger partial charge on any atom is -0.497 e. The second kappa shape index (κ2) is 11.3. The number of carbonyl (C=O) groups is 1. The molecule has 0 bridgehead atoms. The van der Waals surface area contributed by atoms with Crippen LogP contribution in [-0.4, -0.2) is 41.3 Å². The molecule has 2 N–H and O–H groups in total. The van der Waals surface area contributed by atoms with Crippen LogP contribution < -0.4 is 19.5 Å². The maximum atomic E-state index is 12.7. The molecule has 0 fully saturated rings. The van der Waals surface area contributed by atoms with Gasteiger partial charge in [0.25, 0.3) is 15.9 Å². The number of methoxy groups -OCH3 is 1. The molecule has 174 valence electrons. The summed E-state index contributed by atoms with van der Waals surface area (Å²) in [5, 5.41) is 2.76. The highest BCUT2D eigenvalue weighted by Crippen LogP contribution is 2.22. The van der Waals surface area contributed by atoms with Gasteiger partial charge in [-0.1, -0.05) is 12.1 Å². The SMILES string of the molecule is CCOCCOc1ccccc1C(=O)Nc1ccc(S(=O)(=O)Nc2ccc(OC)cc2)cc1. The van der Waals surface area contributed by atoms with Crippen LogP contribution in [0, 0.1) is 0 Å². The standard InChI is InChI=1S/C24H26N2O6S/c1-3-31-16-17-32-23-7-5-4-6-22(23)24(27)25-18-10-14-21(15-11-18)33(28,29)26-19-8-12-20(30-2)13-9-19/h4-15,26H,3,16-17H2,1-2H3,(H,25,27). The van der Waals surface area contributed by atoms with E-state index in [1.165, 1.54) is 31.4 Å². The van der Waals surface area contributed by atoms with Crippen molar-refractivity contribution in [3.8, 4) is 11.5 Å². The van der Waals surface area contributed by atoms with Gasteiger partial charge in [0, 0.05) is 18.0 Å². The Morgan fingerprint density at radius 3 is 2.21 bits per heavy atom. The molecule has 0 heterocycles. The van der Waals surface area contributed by atoms with Crippen LogP contribution in [0.15, 0.2) is 77.7 Å². The summed E-state index contributed by atoms with van der Waals surface area (Å²) in [5.74, 6) is 0.700. The topological polar surface area (TPSA) is 103 Å². The monoisotopic (exact) mass is 470 g/mol. The smallest absolute Gasteiger partial charge is 0.261 e. The number of benzene rings is 3. The number of carbonyl (C=O) groups excluding carboxylic acids is 1. The van der Waals surface area contributed by atoms with Crippen molar-refractivity contribution in [3.63, 3.8) is 0 Å². The van der Waals surface area contributed by atoms with E-state index < -0.39 is 10.0 Å². The van der Waals surface area contributed by atoms with Gasteiger partial charge >= 0.3 is 0 Å². The Kier molecular flexibility index (Phi) is 8.28. The van der Waals surface area contributed by atoms with Gasteiger partial charge in [0.1, 0.15) is 18.1 Å². The lowest BCUT2D eigenvalue weighted by Crippen LogP contribution is -2.16. The number of sulfonamides is 1. The molecule has 0 aliphatic carbocycles. The lowest BCUT2D eigenvalue weighted by Gasteiger charge is -2.12. The average Bonchev–Trinajstić information content (AvgIpc) is 2.83. The third-order valence-electron chi connectivity index (χ3n) is 4.59. The molecule has 0 aliphatic heterocycles. The predicted molar refractivity (Wildman–Crippen MR) is 127 cm³/mol. The maximum Gasteiger partial charge on any atom is 0.261 e. The Balaban J connectivity index is 1.66. The normalized spacial score (nSPS) is 11.0. The van der Waals surface area contributed by atoms with E-state index in [0.29, 0.717) is 48.3 Å². The van der Waals surface area contributed by atoms with Crippen molar-refractivity contribution in [2.75, 3.05) is 37.0 Å². The molecule has 0 aliphatic rings. The molecule has 0 unspecified atom stereocenters. The fraction of sp³-hybridized carbons (Fsp3) is 0.208. The Morgan fingerprint density at radius 2 is 1.55 bits per heavy atom. The zero-order valence-corrected chi connectivity index (χ0v) is 19.2. The number of ether oxygens (including phenoxy) is 3. The van der Waals surface area contributed by atoms with E-state index in [0.717, 1.165) is 0 Å². The van der Waals surface area contributed by atoms with Gasteiger partial charge in [0.2, 0.25) is 0 Å². The second-order valence-corrected chi connectivity index (χ2v) is 8.54. The highest BCUT2D eigenvalue weighted by atomic mass is 32.2. The summed E-state index contributed by atoms with van der Waals surface area (Å²) >= 11 is 0. The van der Waals surface area contributed by atoms with Gasteiger partial charge in [-0.25, -0.2) is 8.42 Å². The van der Waals surface area contributed by atoms with Gasteiger partial charge in [-0.15, -0.1) is 0 Å². The van der Waals surface area contributed by atoms with Gasteiger partial charge in [0.15, 0.2) is 0 Å². The van der Waals surface area contributed by atoms with Crippen LogP contribution in [0.3, 0.4) is 0 Å². The predicted octanol–water partition coefficient (Wildman–Crippen LogP) is 4.16. The van der Waals surface area contributed by atoms with Crippen molar-refractivity contribution < 1.29 is 27.4 Å². The molecule has 3 aromatic carbocycles. The van der Waals surface area contributed by atoms with Gasteiger partial charge in [-0.3, -0.25) is 9.52 Å². The highest BCUT2D eigenvalue weighted by molar-refractivity contribution is 7.92. The summed E-state index contributed by atoms with van der Waals surface area (Å²) in [4.78, 5) is 12.8. The highest BCUT2D eigenvalue weighted by Gasteiger charge is 2.16. The molecule has 8 nitrogen and oxygen atoms in total. The number of anilines is 2. The van der Waals surface area contributed by atoms with Crippen molar-refractivity contribution >= 4 is 27.3 Å². The molecule has 33 heavy (non-hydrogen) atoms. The van der Waals surface area contributed by atoms with Crippen LogP contribution in [-0.2, 0) is 14.8 Å². The third-order valence-corrected chi connectivity index (χ3v) is 5.98. The van der Waals surface area contributed by atoms with E-state index in [9.17, 15) is 13.2 Å². The fourth-order valence-corrected chi connectivity index (χ4v) is 3.98. The minimum atomic E-state index is -3.79. The number of hydrogen-bond acceptors (Lipinski definition) is 6. The van der Waals surface area contributed by atoms with Crippen LogP contribution in [0.4, 0.5) is 11.4 Å². The van der Waals surface area contributed by atoms with Crippen molar-refractivity contribution in [2.45, 2.75) is 11.8 Å². The van der Waals surface area contributed by atoms with E-state index in [2.05, 4.69) is 10.0 Å². The van der Waals surface area contributed by atoms with Crippen molar-refractivity contribution in [1.82, 2.24) is 0 Å². The van der Waals surface area contributed by atoms with Crippen LogP contribution in [0.1, 0.15) is 17.3 Å². The van der Waals surface area contributed by atoms with E-state index in [1.807, 2.05) is 6.92 Å². The zero-order chi connectivity index (χ0) is 23.7. The van der Waals surface area contributed by atoms with E-state index >= 15 is 0 Å². The maximum absolute atomic E-state index is 12.7. The molecule has 3 aromatic rings. The molecule has 0 saturated heterocycles. The third kappa shape index (κ3) is 6.71. The summed E-state index contributed by atoms with van der Waals surface area (Å²) in [5.41, 5.74) is 1.23. The van der Waals surface area contributed by atoms with E-state index in [1.54, 1.807) is 48.5 Å². The number of para-hydroxylation sites is 1. The molecule has 0 aromatic heterocycles. The molecule has 3 rings (SSSR count). The van der Waals surface area contributed by atoms with Crippen molar-refractivity contribution in [3.05, 3.63) is 78.4 Å². The lowest BCUT2D eigenvalue weighted by molar-refractivity contribution is 0.0998. The van der Waals surface area contributed by atoms with Crippen LogP contribution >= 0.6 is 0 Å². The number of hydrogen-bond donors (Lipinski definition) is 2. The minimum absolute atomic E-state index is 0.0657. The summed E-state index contributed by atoms with van der Waals surface area (Å²) in [6.07, 6.45) is 0. The fourth-order valence-electron chi connectivity index (χ4n) is 2.92. The van der Waals surface area contributed by atoms with Gasteiger partial charge in [-0.2, -0.15) is 0 Å². The Labute approximate surface area is 193 Å². The molecule has 0 atom stereocenters. The summed E-state index contributed by atoms with van der Waals surface area (Å²) in [6.45, 7) is 3.23. The molecule has 0 saturated carbocycles. The lowest BCUT2D eigenvalue weighted by atomic mass is 10.2. The second-order valence-electron chi connectivity index (χ2n) is 6.85. The molecule has 0 radical (unpaired) electrons. The summed E-state index contributed by atoms with van der Waals surface area (Å²) < 4.78 is 43.8. The Morgan fingerprint density at radius 1 is 0.879 bits per heavy atom. The van der Waals surface area contributed by atoms with E-state index in [-0.39, 0.29) is 10.8 Å². The summed E-state index contributed by atoms with van der Waals surface area (Å²) in [7, 11) is -2.25. The molecule has 9 heteroatoms. The number of amides is 1. The first-order chi connectivity index (χ1) is 15.9. The first kappa shape index (κ1) is 24.1. The van der Waals surface area contributed by atoms with Crippen LogP contribution in [0.2, 0.25) is 0 Å². The van der Waals surface area contributed by atoms with Gasteiger partial charge < -0.3 is 19.5 Å². The van der Waals surface area contributed by atoms with E-state index in [4.69, 9.17) is 14.2 Å². The largest absolute Gasteiger partial charge is 0.497 e. The average molecular weight is 471 g/mol. The Bertz CT molecular complexity index is 1160. The van der Waals surface area contributed by atoms with Gasteiger partial charge in [-0.05, 0) is 67.6 Å². The quantitative estimate of drug-likeness (QED) is 0.408. The molecule has 0 spiro atoms. The Hall–Kier alpha value is -3.56. The summed E-state index contributed by atoms with van der Waals surface area (Å²) in [6, 6.07) is 19.3. The zero-order valence-electron chi connectivity index (χ0n) is 18.4. The van der Waals surface area contributed by atoms with Crippen LogP contribution in [0.25, 0.3) is 0 Å². The van der Waals surface area contributed by atoms with Crippen molar-refractivity contribution in [1.29, 1.82) is 0 Å². The van der Waals surface area contributed by atoms with Crippen LogP contribution in [0.5, 0.6) is 11.5 Å². The van der Waals surface area contributed by atoms with Crippen molar-refractivity contribution in [2.24, 2.45) is 0 Å². The molecule has 1 amide bonds. The number of rotatable bonds is 11. The molecular weight excluding hydrogens is 444 g/mol. The first-order valence-electron chi connectivity index (χ1n) is 10.3. The number of nitrogens with one attached hydrogen (secondary N) is 2. The molecular formula is C24H26N2O6S. The first-order valence-corrected chi connectivity index (χ1v) is 11.8. The van der Waals surface area contributed by atoms with Gasteiger partial charge in [0.05, 0.1) is 24.2 Å².